The largest absolute Gasteiger partial charge is 0.342 e. The fraction of sp³-hybridized carbons (Fsp3) is 0.889. The molecular formula is C9H16BrNO3S. The molecule has 0 aliphatic carbocycles. The zero-order valence-corrected chi connectivity index (χ0v) is 11.3. The first-order valence-electron chi connectivity index (χ1n) is 4.94. The first-order valence-corrected chi connectivity index (χ1v) is 7.81. The second kappa shape index (κ2) is 4.82. The summed E-state index contributed by atoms with van der Waals surface area (Å²) in [5.74, 6) is -0.267. The Morgan fingerprint density at radius 2 is 1.87 bits per heavy atom. The van der Waals surface area contributed by atoms with Gasteiger partial charge in [0.15, 0.2) is 9.84 Å². The number of halogens is 1. The van der Waals surface area contributed by atoms with E-state index in [4.69, 9.17) is 0 Å². The maximum absolute atomic E-state index is 11.8. The molecule has 0 aromatic carbocycles. The number of likely N-dealkylation sites (tertiary alicyclic amines) is 1. The van der Waals surface area contributed by atoms with Gasteiger partial charge in [-0.3, -0.25) is 4.79 Å². The van der Waals surface area contributed by atoms with Crippen LogP contribution in [0.3, 0.4) is 0 Å². The lowest BCUT2D eigenvalue weighted by atomic mass is 10.1. The quantitative estimate of drug-likeness (QED) is 0.709. The molecule has 6 heteroatoms. The number of hydrogen-bond donors (Lipinski definition) is 0. The standard InChI is InChI=1S/C9H16BrNO3S/c1-7(15(2,13)14)9(12)11-5-3-8(10)4-6-11/h7-8H,3-6H2,1-2H3. The van der Waals surface area contributed by atoms with E-state index in [1.54, 1.807) is 4.90 Å². The van der Waals surface area contributed by atoms with Gasteiger partial charge in [-0.25, -0.2) is 8.42 Å². The summed E-state index contributed by atoms with van der Waals surface area (Å²) in [5, 5.41) is -0.913. The SMILES string of the molecule is CC(C(=O)N1CCC(Br)CC1)S(C)(=O)=O. The fourth-order valence-corrected chi connectivity index (χ4v) is 2.43. The molecule has 1 aliphatic rings. The molecule has 1 rings (SSSR count). The lowest BCUT2D eigenvalue weighted by Gasteiger charge is -2.31. The number of carbonyl (C=O) groups excluding carboxylic acids is 1. The molecule has 88 valence electrons. The predicted octanol–water partition coefficient (Wildman–Crippen LogP) is 0.805. The van der Waals surface area contributed by atoms with E-state index >= 15 is 0 Å². The molecule has 1 fully saturated rings. The highest BCUT2D eigenvalue weighted by molar-refractivity contribution is 9.09. The van der Waals surface area contributed by atoms with E-state index in [0.717, 1.165) is 19.1 Å². The number of sulfone groups is 1. The Morgan fingerprint density at radius 1 is 1.40 bits per heavy atom. The number of carbonyl (C=O) groups is 1. The second-order valence-electron chi connectivity index (χ2n) is 3.97. The van der Waals surface area contributed by atoms with Crippen LogP contribution in [0.1, 0.15) is 19.8 Å². The Morgan fingerprint density at radius 3 is 2.27 bits per heavy atom. The number of alkyl halides is 1. The van der Waals surface area contributed by atoms with E-state index in [2.05, 4.69) is 15.9 Å². The van der Waals surface area contributed by atoms with Crippen LogP contribution in [0.15, 0.2) is 0 Å². The minimum absolute atomic E-state index is 0.267. The Labute approximate surface area is 99.1 Å². The molecule has 1 aliphatic heterocycles. The maximum Gasteiger partial charge on any atom is 0.240 e. The molecule has 4 nitrogen and oxygen atoms in total. The summed E-state index contributed by atoms with van der Waals surface area (Å²) in [6.45, 7) is 2.75. The molecule has 0 bridgehead atoms. The minimum atomic E-state index is -3.27. The third kappa shape index (κ3) is 3.45. The van der Waals surface area contributed by atoms with Gasteiger partial charge in [-0.05, 0) is 19.8 Å². The topological polar surface area (TPSA) is 54.5 Å². The van der Waals surface area contributed by atoms with Crippen molar-refractivity contribution in [2.24, 2.45) is 0 Å². The van der Waals surface area contributed by atoms with Crippen LogP contribution >= 0.6 is 15.9 Å². The van der Waals surface area contributed by atoms with Crippen molar-refractivity contribution in [1.82, 2.24) is 4.90 Å². The van der Waals surface area contributed by atoms with E-state index in [1.807, 2.05) is 0 Å². The number of amides is 1. The van der Waals surface area contributed by atoms with Crippen molar-refractivity contribution in [3.63, 3.8) is 0 Å². The molecule has 0 saturated carbocycles. The van der Waals surface area contributed by atoms with Gasteiger partial charge in [0.25, 0.3) is 0 Å². The van der Waals surface area contributed by atoms with Crippen LogP contribution in [-0.4, -0.2) is 48.6 Å². The zero-order chi connectivity index (χ0) is 11.6. The van der Waals surface area contributed by atoms with Gasteiger partial charge in [0.1, 0.15) is 5.25 Å². The molecule has 0 N–H and O–H groups in total. The van der Waals surface area contributed by atoms with Crippen molar-refractivity contribution >= 4 is 31.7 Å². The van der Waals surface area contributed by atoms with Crippen LogP contribution in [0.2, 0.25) is 0 Å². The molecule has 1 saturated heterocycles. The second-order valence-corrected chi connectivity index (χ2v) is 7.63. The summed E-state index contributed by atoms with van der Waals surface area (Å²) < 4.78 is 22.4. The van der Waals surface area contributed by atoms with E-state index in [1.165, 1.54) is 6.92 Å². The van der Waals surface area contributed by atoms with Crippen LogP contribution in [-0.2, 0) is 14.6 Å². The van der Waals surface area contributed by atoms with Crippen LogP contribution < -0.4 is 0 Å². The monoisotopic (exact) mass is 297 g/mol. The Balaban J connectivity index is 2.62. The van der Waals surface area contributed by atoms with Gasteiger partial charge in [0.05, 0.1) is 0 Å². The maximum atomic E-state index is 11.8. The van der Waals surface area contributed by atoms with Crippen molar-refractivity contribution < 1.29 is 13.2 Å². The van der Waals surface area contributed by atoms with Crippen LogP contribution in [0.5, 0.6) is 0 Å². The molecule has 0 spiro atoms. The molecule has 0 aromatic heterocycles. The number of piperidine rings is 1. The lowest BCUT2D eigenvalue weighted by Crippen LogP contribution is -2.45. The summed E-state index contributed by atoms with van der Waals surface area (Å²) in [7, 11) is -3.27. The van der Waals surface area contributed by atoms with Gasteiger partial charge in [-0.15, -0.1) is 0 Å². The zero-order valence-electron chi connectivity index (χ0n) is 8.94. The molecule has 1 heterocycles. The van der Waals surface area contributed by atoms with Gasteiger partial charge in [0, 0.05) is 24.2 Å². The van der Waals surface area contributed by atoms with Gasteiger partial charge < -0.3 is 4.90 Å². The third-order valence-corrected chi connectivity index (χ3v) is 5.13. The lowest BCUT2D eigenvalue weighted by molar-refractivity contribution is -0.131. The van der Waals surface area contributed by atoms with Crippen LogP contribution in [0.25, 0.3) is 0 Å². The normalized spacial score (nSPS) is 21.4. The summed E-state index contributed by atoms with van der Waals surface area (Å²) >= 11 is 3.49. The highest BCUT2D eigenvalue weighted by Crippen LogP contribution is 2.18. The first kappa shape index (κ1) is 13.0. The highest BCUT2D eigenvalue weighted by atomic mass is 79.9. The Hall–Kier alpha value is -0.100. The van der Waals surface area contributed by atoms with E-state index in [0.29, 0.717) is 17.9 Å². The average molecular weight is 298 g/mol. The van der Waals surface area contributed by atoms with Crippen molar-refractivity contribution in [3.8, 4) is 0 Å². The smallest absolute Gasteiger partial charge is 0.240 e. The Bertz CT molecular complexity index is 333. The van der Waals surface area contributed by atoms with Gasteiger partial charge in [-0.1, -0.05) is 15.9 Å². The third-order valence-electron chi connectivity index (χ3n) is 2.73. The first-order chi connectivity index (χ1) is 6.82. The number of rotatable bonds is 2. The minimum Gasteiger partial charge on any atom is -0.342 e. The molecule has 1 unspecified atom stereocenters. The number of nitrogens with zero attached hydrogens (tertiary/aromatic N) is 1. The molecule has 1 amide bonds. The summed E-state index contributed by atoms with van der Waals surface area (Å²) in [5.41, 5.74) is 0. The predicted molar refractivity (Wildman–Crippen MR) is 62.8 cm³/mol. The van der Waals surface area contributed by atoms with Gasteiger partial charge in [-0.2, -0.15) is 0 Å². The molecule has 1 atom stereocenters. The van der Waals surface area contributed by atoms with Crippen molar-refractivity contribution in [2.75, 3.05) is 19.3 Å². The summed E-state index contributed by atoms with van der Waals surface area (Å²) in [4.78, 5) is 13.9. The summed E-state index contributed by atoms with van der Waals surface area (Å²) in [6, 6.07) is 0. The summed E-state index contributed by atoms with van der Waals surface area (Å²) in [6.07, 6.45) is 2.89. The van der Waals surface area contributed by atoms with Crippen molar-refractivity contribution in [3.05, 3.63) is 0 Å². The van der Waals surface area contributed by atoms with Gasteiger partial charge >= 0.3 is 0 Å². The molecular weight excluding hydrogens is 282 g/mol. The molecule has 0 aromatic rings. The van der Waals surface area contributed by atoms with Crippen LogP contribution in [0, 0.1) is 0 Å². The van der Waals surface area contributed by atoms with Gasteiger partial charge in [0.2, 0.25) is 5.91 Å². The van der Waals surface area contributed by atoms with E-state index < -0.39 is 15.1 Å². The molecule has 15 heavy (non-hydrogen) atoms. The highest BCUT2D eigenvalue weighted by Gasteiger charge is 2.30. The Kier molecular flexibility index (Phi) is 4.17. The van der Waals surface area contributed by atoms with Crippen molar-refractivity contribution in [1.29, 1.82) is 0 Å². The van der Waals surface area contributed by atoms with E-state index in [9.17, 15) is 13.2 Å². The van der Waals surface area contributed by atoms with E-state index in [-0.39, 0.29) is 5.91 Å². The fourth-order valence-electron chi connectivity index (χ4n) is 1.51. The van der Waals surface area contributed by atoms with Crippen LogP contribution in [0.4, 0.5) is 0 Å². The number of hydrogen-bond acceptors (Lipinski definition) is 3. The average Bonchev–Trinajstić information content (AvgIpc) is 2.15. The molecule has 0 radical (unpaired) electrons. The van der Waals surface area contributed by atoms with Crippen molar-refractivity contribution in [2.45, 2.75) is 29.8 Å².